The maximum atomic E-state index is 12.0. The molecule has 22 heavy (non-hydrogen) atoms. The minimum absolute atomic E-state index is 0.0149. The van der Waals surface area contributed by atoms with E-state index in [4.69, 9.17) is 0 Å². The number of nitrogens with one attached hydrogen (secondary N) is 1. The van der Waals surface area contributed by atoms with E-state index >= 15 is 0 Å². The molecule has 6 heteroatoms. The summed E-state index contributed by atoms with van der Waals surface area (Å²) in [5.74, 6) is -0.416. The average Bonchev–Trinajstić information content (AvgIpc) is 2.98. The fraction of sp³-hybridized carbons (Fsp3) is 0.0625. The molecule has 0 spiro atoms. The lowest BCUT2D eigenvalue weighted by Gasteiger charge is -2.10. The predicted octanol–water partition coefficient (Wildman–Crippen LogP) is 1.52. The van der Waals surface area contributed by atoms with Crippen LogP contribution in [-0.4, -0.2) is 20.9 Å². The minimum atomic E-state index is -0.695. The summed E-state index contributed by atoms with van der Waals surface area (Å²) in [6, 6.07) is 7.02. The average molecular weight is 295 g/mol. The Morgan fingerprint density at radius 3 is 2.59 bits per heavy atom. The van der Waals surface area contributed by atoms with Gasteiger partial charge in [-0.25, -0.2) is 9.36 Å². The summed E-state index contributed by atoms with van der Waals surface area (Å²) in [5, 5.41) is 10.4. The van der Waals surface area contributed by atoms with Gasteiger partial charge in [0.1, 0.15) is 5.56 Å². The van der Waals surface area contributed by atoms with Gasteiger partial charge in [-0.3, -0.25) is 14.8 Å². The van der Waals surface area contributed by atoms with Crippen LogP contribution in [0.1, 0.15) is 11.1 Å². The molecule has 2 aromatic rings. The molecule has 110 valence electrons. The summed E-state index contributed by atoms with van der Waals surface area (Å²) in [7, 11) is 0. The normalized spacial score (nSPS) is 14.9. The van der Waals surface area contributed by atoms with Crippen LogP contribution in [0.4, 0.5) is 0 Å². The number of H-pyrrole nitrogens is 1. The van der Waals surface area contributed by atoms with Gasteiger partial charge in [-0.05, 0) is 37.3 Å². The van der Waals surface area contributed by atoms with E-state index in [1.807, 2.05) is 19.1 Å². The SMILES string of the molecule is Cc1ccc(-n2c(O)c(/C=C3\C=CC=N3)c(=O)[nH]c2=O)cc1. The van der Waals surface area contributed by atoms with Gasteiger partial charge in [0, 0.05) is 6.21 Å². The van der Waals surface area contributed by atoms with E-state index in [1.54, 1.807) is 30.5 Å². The fourth-order valence-electron chi connectivity index (χ4n) is 2.15. The highest BCUT2D eigenvalue weighted by Gasteiger charge is 2.14. The zero-order valence-electron chi connectivity index (χ0n) is 11.8. The Hall–Kier alpha value is -3.15. The van der Waals surface area contributed by atoms with E-state index in [2.05, 4.69) is 9.98 Å². The first-order valence-corrected chi connectivity index (χ1v) is 6.64. The maximum absolute atomic E-state index is 12.0. The molecule has 0 saturated heterocycles. The van der Waals surface area contributed by atoms with Crippen molar-refractivity contribution in [2.75, 3.05) is 0 Å². The Morgan fingerprint density at radius 1 is 1.23 bits per heavy atom. The van der Waals surface area contributed by atoms with Crippen LogP contribution in [-0.2, 0) is 0 Å². The number of benzene rings is 1. The number of hydrogen-bond acceptors (Lipinski definition) is 4. The summed E-state index contributed by atoms with van der Waals surface area (Å²) in [6.45, 7) is 1.92. The molecule has 1 aromatic carbocycles. The summed E-state index contributed by atoms with van der Waals surface area (Å²) in [5.41, 5.74) is 0.643. The predicted molar refractivity (Wildman–Crippen MR) is 84.7 cm³/mol. The Labute approximate surface area is 125 Å². The number of aromatic hydroxyl groups is 1. The summed E-state index contributed by atoms with van der Waals surface area (Å²) < 4.78 is 1.05. The van der Waals surface area contributed by atoms with Gasteiger partial charge in [-0.15, -0.1) is 0 Å². The van der Waals surface area contributed by atoms with Gasteiger partial charge < -0.3 is 5.11 Å². The molecule has 0 aliphatic carbocycles. The van der Waals surface area contributed by atoms with Gasteiger partial charge in [-0.1, -0.05) is 17.7 Å². The second-order valence-electron chi connectivity index (χ2n) is 4.87. The lowest BCUT2D eigenvalue weighted by molar-refractivity contribution is 0.429. The zero-order chi connectivity index (χ0) is 15.7. The summed E-state index contributed by atoms with van der Waals surface area (Å²) in [4.78, 5) is 30.2. The van der Waals surface area contributed by atoms with E-state index in [-0.39, 0.29) is 5.56 Å². The van der Waals surface area contributed by atoms with E-state index in [1.165, 1.54) is 6.08 Å². The molecule has 1 aliphatic heterocycles. The van der Waals surface area contributed by atoms with Crippen molar-refractivity contribution < 1.29 is 5.11 Å². The van der Waals surface area contributed by atoms with E-state index in [9.17, 15) is 14.7 Å². The number of aromatic amines is 1. The van der Waals surface area contributed by atoms with E-state index in [0.717, 1.165) is 10.1 Å². The van der Waals surface area contributed by atoms with Gasteiger partial charge in [0.15, 0.2) is 0 Å². The molecule has 0 amide bonds. The second-order valence-corrected chi connectivity index (χ2v) is 4.87. The standard InChI is InChI=1S/C16H13N3O3/c1-10-4-6-12(7-5-10)19-15(21)13(14(20)18-16(19)22)9-11-3-2-8-17-11/h2-9,21H,1H3,(H,18,20,22)/b11-9+. The van der Waals surface area contributed by atoms with Crippen molar-refractivity contribution in [3.8, 4) is 11.6 Å². The first-order chi connectivity index (χ1) is 10.6. The Balaban J connectivity index is 2.24. The van der Waals surface area contributed by atoms with Gasteiger partial charge in [0.05, 0.1) is 11.4 Å². The second kappa shape index (κ2) is 5.33. The molecular formula is C16H13N3O3. The number of hydrogen-bond donors (Lipinski definition) is 2. The Kier molecular flexibility index (Phi) is 3.34. The third-order valence-corrected chi connectivity index (χ3v) is 3.28. The van der Waals surface area contributed by atoms with Crippen LogP contribution in [0.2, 0.25) is 0 Å². The lowest BCUT2D eigenvalue weighted by Crippen LogP contribution is -2.30. The molecule has 0 unspecified atom stereocenters. The summed E-state index contributed by atoms with van der Waals surface area (Å²) in [6.07, 6.45) is 6.42. The minimum Gasteiger partial charge on any atom is -0.494 e. The van der Waals surface area contributed by atoms with Crippen molar-refractivity contribution in [3.63, 3.8) is 0 Å². The Morgan fingerprint density at radius 2 is 1.95 bits per heavy atom. The van der Waals surface area contributed by atoms with Gasteiger partial charge in [0.2, 0.25) is 5.88 Å². The molecule has 2 heterocycles. The number of nitrogens with zero attached hydrogens (tertiary/aromatic N) is 2. The molecule has 0 bridgehead atoms. The zero-order valence-corrected chi connectivity index (χ0v) is 11.8. The molecule has 1 aliphatic rings. The Bertz CT molecular complexity index is 915. The van der Waals surface area contributed by atoms with E-state index in [0.29, 0.717) is 11.4 Å². The molecule has 0 saturated carbocycles. The smallest absolute Gasteiger partial charge is 0.335 e. The van der Waals surface area contributed by atoms with Crippen molar-refractivity contribution in [2.24, 2.45) is 4.99 Å². The largest absolute Gasteiger partial charge is 0.494 e. The van der Waals surface area contributed by atoms with Crippen molar-refractivity contribution in [1.29, 1.82) is 0 Å². The van der Waals surface area contributed by atoms with Crippen molar-refractivity contribution in [3.05, 3.63) is 74.1 Å². The number of rotatable bonds is 2. The van der Waals surface area contributed by atoms with Crippen molar-refractivity contribution in [1.82, 2.24) is 9.55 Å². The van der Waals surface area contributed by atoms with E-state index < -0.39 is 17.1 Å². The molecule has 2 N–H and O–H groups in total. The number of aryl methyl sites for hydroxylation is 1. The first kappa shape index (κ1) is 13.8. The number of aromatic nitrogens is 2. The van der Waals surface area contributed by atoms with Crippen LogP contribution >= 0.6 is 0 Å². The lowest BCUT2D eigenvalue weighted by atomic mass is 10.2. The van der Waals surface area contributed by atoms with Crippen molar-refractivity contribution in [2.45, 2.75) is 6.92 Å². The molecule has 6 nitrogen and oxygen atoms in total. The molecular weight excluding hydrogens is 282 g/mol. The monoisotopic (exact) mass is 295 g/mol. The van der Waals surface area contributed by atoms with Crippen LogP contribution in [0.15, 0.2) is 56.7 Å². The summed E-state index contributed by atoms with van der Waals surface area (Å²) >= 11 is 0. The highest BCUT2D eigenvalue weighted by molar-refractivity contribution is 5.79. The van der Waals surface area contributed by atoms with Crippen molar-refractivity contribution >= 4 is 12.3 Å². The third-order valence-electron chi connectivity index (χ3n) is 3.28. The van der Waals surface area contributed by atoms with Gasteiger partial charge in [-0.2, -0.15) is 0 Å². The highest BCUT2D eigenvalue weighted by atomic mass is 16.3. The molecule has 3 rings (SSSR count). The topological polar surface area (TPSA) is 87.4 Å². The molecule has 0 radical (unpaired) electrons. The molecule has 1 aromatic heterocycles. The van der Waals surface area contributed by atoms with Gasteiger partial charge in [0.25, 0.3) is 5.56 Å². The van der Waals surface area contributed by atoms with Crippen LogP contribution < -0.4 is 11.2 Å². The van der Waals surface area contributed by atoms with Crippen LogP contribution in [0, 0.1) is 6.92 Å². The fourth-order valence-corrected chi connectivity index (χ4v) is 2.15. The van der Waals surface area contributed by atoms with Crippen LogP contribution in [0.3, 0.4) is 0 Å². The first-order valence-electron chi connectivity index (χ1n) is 6.64. The maximum Gasteiger partial charge on any atom is 0.335 e. The number of allylic oxidation sites excluding steroid dienone is 2. The quantitative estimate of drug-likeness (QED) is 0.880. The number of aliphatic imine (C=N–C) groups is 1. The third kappa shape index (κ3) is 2.42. The van der Waals surface area contributed by atoms with Crippen LogP contribution in [0.5, 0.6) is 5.88 Å². The highest BCUT2D eigenvalue weighted by Crippen LogP contribution is 2.20. The molecule has 0 atom stereocenters. The molecule has 0 fully saturated rings. The van der Waals surface area contributed by atoms with Crippen LogP contribution in [0.25, 0.3) is 11.8 Å². The van der Waals surface area contributed by atoms with Gasteiger partial charge >= 0.3 is 5.69 Å².